The lowest BCUT2D eigenvalue weighted by molar-refractivity contribution is 0.706. The lowest BCUT2D eigenvalue weighted by atomic mass is 9.96. The third-order valence-electron chi connectivity index (χ3n) is 3.18. The van der Waals surface area contributed by atoms with Crippen LogP contribution in [0.1, 0.15) is 18.9 Å². The van der Waals surface area contributed by atoms with Crippen molar-refractivity contribution in [2.24, 2.45) is 5.92 Å². The average Bonchev–Trinajstić information content (AvgIpc) is 2.83. The van der Waals surface area contributed by atoms with Crippen LogP contribution in [0.3, 0.4) is 0 Å². The molecular formula is C11H11Cl3. The van der Waals surface area contributed by atoms with E-state index in [1.165, 1.54) is 5.56 Å². The zero-order chi connectivity index (χ0) is 10.3. The first-order valence-electron chi connectivity index (χ1n) is 4.59. The Morgan fingerprint density at radius 2 is 2.07 bits per heavy atom. The molecule has 0 spiro atoms. The van der Waals surface area contributed by atoms with Crippen LogP contribution in [0, 0.1) is 5.92 Å². The van der Waals surface area contributed by atoms with Crippen LogP contribution in [0.4, 0.5) is 0 Å². The molecule has 0 bridgehead atoms. The number of hydrogen-bond donors (Lipinski definition) is 0. The maximum atomic E-state index is 5.97. The van der Waals surface area contributed by atoms with Gasteiger partial charge in [0, 0.05) is 5.88 Å². The number of halogens is 3. The first kappa shape index (κ1) is 10.6. The van der Waals surface area contributed by atoms with Crippen molar-refractivity contribution in [1.29, 1.82) is 0 Å². The molecule has 2 rings (SSSR count). The van der Waals surface area contributed by atoms with E-state index in [-0.39, 0.29) is 5.41 Å². The van der Waals surface area contributed by atoms with Gasteiger partial charge in [-0.25, -0.2) is 0 Å². The predicted octanol–water partition coefficient (Wildman–Crippen LogP) is 4.51. The van der Waals surface area contributed by atoms with E-state index < -0.39 is 0 Å². The Morgan fingerprint density at radius 1 is 1.36 bits per heavy atom. The van der Waals surface area contributed by atoms with Crippen LogP contribution in [-0.4, -0.2) is 5.88 Å². The monoisotopic (exact) mass is 248 g/mol. The normalized spacial score (nSPS) is 30.4. The Bertz CT molecular complexity index is 362. The van der Waals surface area contributed by atoms with Crippen molar-refractivity contribution < 1.29 is 0 Å². The molecule has 0 amide bonds. The Balaban J connectivity index is 2.31. The fourth-order valence-corrected chi connectivity index (χ4v) is 2.63. The fraction of sp³-hybridized carbons (Fsp3) is 0.455. The SMILES string of the molecule is C[C@]1(c2ccc(Cl)c(Cl)c2)C[C@H]1CCl. The number of hydrogen-bond acceptors (Lipinski definition) is 0. The highest BCUT2D eigenvalue weighted by molar-refractivity contribution is 6.42. The van der Waals surface area contributed by atoms with Crippen LogP contribution in [-0.2, 0) is 5.41 Å². The number of benzene rings is 1. The molecule has 76 valence electrons. The molecule has 1 fully saturated rings. The Labute approximate surface area is 99.2 Å². The lowest BCUT2D eigenvalue weighted by Crippen LogP contribution is -2.04. The second-order valence-corrected chi connectivity index (χ2v) is 5.22. The van der Waals surface area contributed by atoms with E-state index in [9.17, 15) is 0 Å². The molecule has 1 saturated carbocycles. The average molecular weight is 250 g/mol. The van der Waals surface area contributed by atoms with Gasteiger partial charge in [-0.05, 0) is 35.4 Å². The van der Waals surface area contributed by atoms with Crippen molar-refractivity contribution in [3.8, 4) is 0 Å². The highest BCUT2D eigenvalue weighted by Crippen LogP contribution is 2.54. The van der Waals surface area contributed by atoms with Gasteiger partial charge in [0.05, 0.1) is 10.0 Å². The molecular weight excluding hydrogens is 238 g/mol. The lowest BCUT2D eigenvalue weighted by Gasteiger charge is -2.11. The van der Waals surface area contributed by atoms with Gasteiger partial charge in [-0.3, -0.25) is 0 Å². The largest absolute Gasteiger partial charge is 0.126 e. The van der Waals surface area contributed by atoms with Crippen LogP contribution in [0.2, 0.25) is 10.0 Å². The van der Waals surface area contributed by atoms with Gasteiger partial charge >= 0.3 is 0 Å². The summed E-state index contributed by atoms with van der Waals surface area (Å²) in [5.74, 6) is 1.30. The molecule has 0 heterocycles. The summed E-state index contributed by atoms with van der Waals surface area (Å²) >= 11 is 17.7. The summed E-state index contributed by atoms with van der Waals surface area (Å²) in [6.07, 6.45) is 1.15. The molecule has 0 unspecified atom stereocenters. The van der Waals surface area contributed by atoms with E-state index in [1.54, 1.807) is 0 Å². The van der Waals surface area contributed by atoms with E-state index in [0.717, 1.165) is 12.3 Å². The van der Waals surface area contributed by atoms with Gasteiger partial charge in [0.15, 0.2) is 0 Å². The van der Waals surface area contributed by atoms with Crippen LogP contribution in [0.15, 0.2) is 18.2 Å². The van der Waals surface area contributed by atoms with Crippen molar-refractivity contribution in [1.82, 2.24) is 0 Å². The standard InChI is InChI=1S/C11H11Cl3/c1-11(5-8(11)6-12)7-2-3-9(13)10(14)4-7/h2-4,8H,5-6H2,1H3/t8-,11+/m0/s1. The van der Waals surface area contributed by atoms with Gasteiger partial charge < -0.3 is 0 Å². The van der Waals surface area contributed by atoms with Crippen LogP contribution >= 0.6 is 34.8 Å². The van der Waals surface area contributed by atoms with E-state index in [1.807, 2.05) is 18.2 Å². The molecule has 1 aromatic carbocycles. The summed E-state index contributed by atoms with van der Waals surface area (Å²) in [5, 5.41) is 1.24. The van der Waals surface area contributed by atoms with E-state index >= 15 is 0 Å². The zero-order valence-electron chi connectivity index (χ0n) is 7.86. The summed E-state index contributed by atoms with van der Waals surface area (Å²) in [6, 6.07) is 5.85. The molecule has 0 radical (unpaired) electrons. The molecule has 3 heteroatoms. The Morgan fingerprint density at radius 3 is 2.57 bits per heavy atom. The smallest absolute Gasteiger partial charge is 0.0595 e. The predicted molar refractivity (Wildman–Crippen MR) is 62.6 cm³/mol. The van der Waals surface area contributed by atoms with E-state index in [0.29, 0.717) is 16.0 Å². The van der Waals surface area contributed by atoms with Crippen molar-refractivity contribution in [2.75, 3.05) is 5.88 Å². The van der Waals surface area contributed by atoms with Crippen molar-refractivity contribution in [2.45, 2.75) is 18.8 Å². The maximum Gasteiger partial charge on any atom is 0.0595 e. The first-order valence-corrected chi connectivity index (χ1v) is 5.88. The number of rotatable bonds is 2. The van der Waals surface area contributed by atoms with Gasteiger partial charge in [-0.2, -0.15) is 0 Å². The Kier molecular flexibility index (Phi) is 2.72. The number of alkyl halides is 1. The summed E-state index contributed by atoms with van der Waals surface area (Å²) in [7, 11) is 0. The van der Waals surface area contributed by atoms with Crippen molar-refractivity contribution in [3.05, 3.63) is 33.8 Å². The molecule has 1 aliphatic rings. The third-order valence-corrected chi connectivity index (χ3v) is 4.29. The van der Waals surface area contributed by atoms with Gasteiger partial charge in [-0.15, -0.1) is 11.6 Å². The fourth-order valence-electron chi connectivity index (χ4n) is 1.88. The molecule has 0 nitrogen and oxygen atoms in total. The first-order chi connectivity index (χ1) is 6.58. The summed E-state index contributed by atoms with van der Waals surface area (Å²) < 4.78 is 0. The van der Waals surface area contributed by atoms with Gasteiger partial charge in [0.25, 0.3) is 0 Å². The van der Waals surface area contributed by atoms with Crippen LogP contribution < -0.4 is 0 Å². The van der Waals surface area contributed by atoms with Gasteiger partial charge in [0.2, 0.25) is 0 Å². The molecule has 1 aromatic rings. The van der Waals surface area contributed by atoms with Crippen molar-refractivity contribution >= 4 is 34.8 Å². The molecule has 14 heavy (non-hydrogen) atoms. The second kappa shape index (κ2) is 3.59. The topological polar surface area (TPSA) is 0 Å². The minimum absolute atomic E-state index is 0.218. The quantitative estimate of drug-likeness (QED) is 0.677. The van der Waals surface area contributed by atoms with Gasteiger partial charge in [0.1, 0.15) is 0 Å². The van der Waals surface area contributed by atoms with Crippen LogP contribution in [0.25, 0.3) is 0 Å². The maximum absolute atomic E-state index is 5.97. The zero-order valence-corrected chi connectivity index (χ0v) is 10.1. The molecule has 2 atom stereocenters. The molecule has 0 aromatic heterocycles. The molecule has 0 saturated heterocycles. The van der Waals surface area contributed by atoms with E-state index in [2.05, 4.69) is 6.92 Å². The molecule has 0 aliphatic heterocycles. The summed E-state index contributed by atoms with van der Waals surface area (Å²) in [5.41, 5.74) is 1.47. The highest BCUT2D eigenvalue weighted by atomic mass is 35.5. The van der Waals surface area contributed by atoms with Crippen molar-refractivity contribution in [3.63, 3.8) is 0 Å². The van der Waals surface area contributed by atoms with Crippen LogP contribution in [0.5, 0.6) is 0 Å². The molecule has 0 N–H and O–H groups in total. The third kappa shape index (κ3) is 1.64. The Hall–Kier alpha value is 0.0900. The highest BCUT2D eigenvalue weighted by Gasteiger charge is 2.50. The second-order valence-electron chi connectivity index (χ2n) is 4.10. The summed E-state index contributed by atoms with van der Waals surface area (Å²) in [6.45, 7) is 2.22. The minimum Gasteiger partial charge on any atom is -0.126 e. The van der Waals surface area contributed by atoms with Gasteiger partial charge in [-0.1, -0.05) is 36.2 Å². The van der Waals surface area contributed by atoms with E-state index in [4.69, 9.17) is 34.8 Å². The molecule has 1 aliphatic carbocycles. The summed E-state index contributed by atoms with van der Waals surface area (Å²) in [4.78, 5) is 0. The minimum atomic E-state index is 0.218.